The van der Waals surface area contributed by atoms with E-state index in [-0.39, 0.29) is 16.9 Å². The van der Waals surface area contributed by atoms with Gasteiger partial charge in [0.05, 0.1) is 6.10 Å². The van der Waals surface area contributed by atoms with Gasteiger partial charge in [0, 0.05) is 25.3 Å². The molecular formula is C30H51NO3. The Morgan fingerprint density at radius 2 is 1.94 bits per heavy atom. The number of nitrogens with zero attached hydrogens (tertiary/aromatic N) is 1. The van der Waals surface area contributed by atoms with E-state index in [9.17, 15) is 9.59 Å². The second-order valence-corrected chi connectivity index (χ2v) is 13.5. The number of amides is 1. The second-order valence-electron chi connectivity index (χ2n) is 13.5. The minimum absolute atomic E-state index is 0.237. The van der Waals surface area contributed by atoms with E-state index >= 15 is 0 Å². The fraction of sp³-hybridized carbons (Fsp3) is 0.933. The van der Waals surface area contributed by atoms with E-state index in [2.05, 4.69) is 48.5 Å². The van der Waals surface area contributed by atoms with Crippen LogP contribution >= 0.6 is 0 Å². The Hall–Kier alpha value is -0.900. The smallest absolute Gasteiger partial charge is 0.211 e. The van der Waals surface area contributed by atoms with Gasteiger partial charge in [-0.05, 0) is 85.4 Å². The first-order valence-electron chi connectivity index (χ1n) is 14.4. The van der Waals surface area contributed by atoms with Crippen molar-refractivity contribution in [1.82, 2.24) is 4.90 Å². The summed E-state index contributed by atoms with van der Waals surface area (Å²) in [6.45, 7) is 17.6. The van der Waals surface area contributed by atoms with Crippen molar-refractivity contribution in [2.45, 2.75) is 125 Å². The number of rotatable bonds is 7. The first-order valence-corrected chi connectivity index (χ1v) is 14.4. The zero-order valence-corrected chi connectivity index (χ0v) is 23.1. The summed E-state index contributed by atoms with van der Waals surface area (Å²) < 4.78 is 6.90. The Labute approximate surface area is 208 Å². The highest BCUT2D eigenvalue weighted by molar-refractivity contribution is 5.79. The molecule has 194 valence electrons. The molecule has 1 spiro atoms. The maximum absolute atomic E-state index is 12.3. The molecule has 4 aliphatic rings. The highest BCUT2D eigenvalue weighted by Gasteiger charge is 2.65. The van der Waals surface area contributed by atoms with Gasteiger partial charge in [-0.3, -0.25) is 9.59 Å². The molecule has 2 heterocycles. The van der Waals surface area contributed by atoms with Crippen LogP contribution in [0, 0.1) is 46.3 Å². The van der Waals surface area contributed by atoms with Crippen LogP contribution in [0.2, 0.25) is 0 Å². The van der Waals surface area contributed by atoms with E-state index in [1.165, 1.54) is 25.7 Å². The van der Waals surface area contributed by atoms with Gasteiger partial charge in [0.2, 0.25) is 6.41 Å². The fourth-order valence-corrected chi connectivity index (χ4v) is 9.03. The molecule has 4 rings (SSSR count). The topological polar surface area (TPSA) is 46.6 Å². The summed E-state index contributed by atoms with van der Waals surface area (Å²) in [6, 6.07) is 0. The van der Waals surface area contributed by atoms with Crippen molar-refractivity contribution in [3.05, 3.63) is 0 Å². The number of piperidine rings is 1. The third-order valence-electron chi connectivity index (χ3n) is 11.8. The largest absolute Gasteiger partial charge is 0.352 e. The highest BCUT2D eigenvalue weighted by atomic mass is 16.5. The zero-order chi connectivity index (χ0) is 24.9. The van der Waals surface area contributed by atoms with Crippen molar-refractivity contribution in [3.63, 3.8) is 0 Å². The van der Waals surface area contributed by atoms with Crippen LogP contribution in [0.1, 0.15) is 113 Å². The van der Waals surface area contributed by atoms with Gasteiger partial charge in [-0.2, -0.15) is 0 Å². The highest BCUT2D eigenvalue weighted by Crippen LogP contribution is 2.63. The van der Waals surface area contributed by atoms with Crippen molar-refractivity contribution in [2.24, 2.45) is 46.3 Å². The third-order valence-corrected chi connectivity index (χ3v) is 11.8. The van der Waals surface area contributed by atoms with Crippen LogP contribution in [0.15, 0.2) is 0 Å². The summed E-state index contributed by atoms with van der Waals surface area (Å²) in [4.78, 5) is 26.4. The summed E-state index contributed by atoms with van der Waals surface area (Å²) in [7, 11) is 0. The molecule has 10 atom stereocenters. The van der Waals surface area contributed by atoms with Gasteiger partial charge >= 0.3 is 0 Å². The SMILES string of the molecule is CCCC1CC(=O)CC[C@]1(C)C(C)CC[C@@]1(C)C(C)CC2O[C@@]3(CC[C@H](C)CN3C=O)[C@@H](C)C21. The summed E-state index contributed by atoms with van der Waals surface area (Å²) in [6.07, 6.45) is 12.0. The van der Waals surface area contributed by atoms with Crippen molar-refractivity contribution in [2.75, 3.05) is 6.54 Å². The van der Waals surface area contributed by atoms with Gasteiger partial charge in [0.15, 0.2) is 0 Å². The standard InChI is InChI=1S/C30H51NO3/c1-8-9-24-17-25(33)12-14-28(24,6)21(3)11-13-29(7)22(4)16-26-27(29)23(5)30(34-26)15-10-20(2)18-31(30)19-32/h19-24,26-27H,8-18H2,1-7H3/t20-,21?,22?,23-,24?,26?,27?,28+,29-,30-/m0/s1. The second kappa shape index (κ2) is 9.52. The molecule has 2 saturated heterocycles. The molecule has 2 aliphatic carbocycles. The van der Waals surface area contributed by atoms with E-state index in [1.807, 2.05) is 4.90 Å². The molecule has 2 saturated carbocycles. The number of hydrogen-bond donors (Lipinski definition) is 0. The van der Waals surface area contributed by atoms with E-state index in [4.69, 9.17) is 4.74 Å². The lowest BCUT2D eigenvalue weighted by atomic mass is 9.57. The molecule has 2 aliphatic heterocycles. The Balaban J connectivity index is 1.51. The van der Waals surface area contributed by atoms with E-state index in [0.717, 1.165) is 51.5 Å². The molecule has 0 bridgehead atoms. The van der Waals surface area contributed by atoms with Gasteiger partial charge in [-0.1, -0.05) is 54.9 Å². The maximum atomic E-state index is 12.3. The minimum Gasteiger partial charge on any atom is -0.352 e. The number of likely N-dealkylation sites (tertiary alicyclic amines) is 1. The fourth-order valence-electron chi connectivity index (χ4n) is 9.03. The van der Waals surface area contributed by atoms with Crippen molar-refractivity contribution in [1.29, 1.82) is 0 Å². The van der Waals surface area contributed by atoms with Gasteiger partial charge in [-0.25, -0.2) is 0 Å². The quantitative estimate of drug-likeness (QED) is 0.379. The molecule has 0 N–H and O–H groups in total. The zero-order valence-electron chi connectivity index (χ0n) is 23.1. The molecule has 4 heteroatoms. The van der Waals surface area contributed by atoms with E-state index < -0.39 is 5.72 Å². The number of ether oxygens (including phenoxy) is 1. The monoisotopic (exact) mass is 473 g/mol. The molecule has 0 aromatic carbocycles. The Morgan fingerprint density at radius 3 is 2.62 bits per heavy atom. The van der Waals surface area contributed by atoms with Gasteiger partial charge in [0.1, 0.15) is 11.5 Å². The Bertz CT molecular complexity index is 768. The molecule has 4 nitrogen and oxygen atoms in total. The Kier molecular flexibility index (Phi) is 7.33. The van der Waals surface area contributed by atoms with Gasteiger partial charge in [-0.15, -0.1) is 0 Å². The average molecular weight is 474 g/mol. The van der Waals surface area contributed by atoms with Crippen molar-refractivity contribution < 1.29 is 14.3 Å². The number of Topliss-reactive ketones (excluding diaryl/α,β-unsaturated/α-hetero) is 1. The van der Waals surface area contributed by atoms with Crippen LogP contribution in [0.4, 0.5) is 0 Å². The van der Waals surface area contributed by atoms with E-state index in [1.54, 1.807) is 0 Å². The number of fused-ring (bicyclic) bond motifs is 1. The number of carbonyl (C=O) groups excluding carboxylic acids is 2. The first-order chi connectivity index (χ1) is 16.0. The first kappa shape index (κ1) is 26.2. The van der Waals surface area contributed by atoms with E-state index in [0.29, 0.717) is 41.3 Å². The lowest BCUT2D eigenvalue weighted by Crippen LogP contribution is -2.57. The maximum Gasteiger partial charge on any atom is 0.211 e. The number of carbonyl (C=O) groups is 2. The Morgan fingerprint density at radius 1 is 1.21 bits per heavy atom. The molecule has 1 amide bonds. The van der Waals surface area contributed by atoms with Crippen LogP contribution in [-0.4, -0.2) is 35.5 Å². The summed E-state index contributed by atoms with van der Waals surface area (Å²) in [5.41, 5.74) is 0.119. The summed E-state index contributed by atoms with van der Waals surface area (Å²) >= 11 is 0. The van der Waals surface area contributed by atoms with Gasteiger partial charge < -0.3 is 9.64 Å². The third kappa shape index (κ3) is 4.08. The molecule has 0 aromatic heterocycles. The minimum atomic E-state index is -0.390. The average Bonchev–Trinajstić information content (AvgIpc) is 3.21. The molecule has 0 aromatic rings. The number of ketones is 1. The lowest BCUT2D eigenvalue weighted by molar-refractivity contribution is -0.190. The van der Waals surface area contributed by atoms with Crippen LogP contribution in [0.3, 0.4) is 0 Å². The van der Waals surface area contributed by atoms with Crippen molar-refractivity contribution >= 4 is 12.2 Å². The summed E-state index contributed by atoms with van der Waals surface area (Å²) in [5, 5.41) is 0. The normalized spacial score (nSPS) is 47.7. The van der Waals surface area contributed by atoms with Gasteiger partial charge in [0.25, 0.3) is 0 Å². The van der Waals surface area contributed by atoms with Crippen molar-refractivity contribution in [3.8, 4) is 0 Å². The molecule has 0 radical (unpaired) electrons. The summed E-state index contributed by atoms with van der Waals surface area (Å²) in [5.74, 6) is 3.71. The predicted octanol–water partition coefficient (Wildman–Crippen LogP) is 6.86. The molecule has 5 unspecified atom stereocenters. The van der Waals surface area contributed by atoms with Crippen LogP contribution in [0.25, 0.3) is 0 Å². The van der Waals surface area contributed by atoms with Crippen LogP contribution in [0.5, 0.6) is 0 Å². The lowest BCUT2D eigenvalue weighted by Gasteiger charge is -2.50. The molecule has 34 heavy (non-hydrogen) atoms. The predicted molar refractivity (Wildman–Crippen MR) is 137 cm³/mol. The molecular weight excluding hydrogens is 422 g/mol. The van der Waals surface area contributed by atoms with Crippen LogP contribution < -0.4 is 0 Å². The molecule has 4 fully saturated rings. The van der Waals surface area contributed by atoms with Crippen LogP contribution in [-0.2, 0) is 14.3 Å². The number of hydrogen-bond acceptors (Lipinski definition) is 3.